The predicted molar refractivity (Wildman–Crippen MR) is 60.6 cm³/mol. The zero-order valence-corrected chi connectivity index (χ0v) is 9.24. The van der Waals surface area contributed by atoms with Gasteiger partial charge >= 0.3 is 5.97 Å². The van der Waals surface area contributed by atoms with Crippen molar-refractivity contribution in [3.8, 4) is 0 Å². The third kappa shape index (κ3) is 8.35. The summed E-state index contributed by atoms with van der Waals surface area (Å²) in [6, 6.07) is 0. The van der Waals surface area contributed by atoms with Gasteiger partial charge in [-0.15, -0.1) is 0 Å². The van der Waals surface area contributed by atoms with Gasteiger partial charge in [-0.3, -0.25) is 4.79 Å². The SMILES string of the molecule is NCCCNCCC(CCCN)C(=O)O. The minimum atomic E-state index is -0.718. The molecule has 0 radical (unpaired) electrons. The largest absolute Gasteiger partial charge is 0.481 e. The fraction of sp³-hybridized carbons (Fsp3) is 0.900. The third-order valence-corrected chi connectivity index (χ3v) is 2.33. The van der Waals surface area contributed by atoms with Gasteiger partial charge in [0.05, 0.1) is 5.92 Å². The van der Waals surface area contributed by atoms with Gasteiger partial charge in [0, 0.05) is 0 Å². The van der Waals surface area contributed by atoms with Crippen molar-refractivity contribution in [3.63, 3.8) is 0 Å². The molecule has 0 spiro atoms. The van der Waals surface area contributed by atoms with Crippen LogP contribution in [0.25, 0.3) is 0 Å². The van der Waals surface area contributed by atoms with Gasteiger partial charge in [-0.1, -0.05) is 0 Å². The number of carboxylic acid groups (broad SMARTS) is 1. The zero-order chi connectivity index (χ0) is 11.5. The topological polar surface area (TPSA) is 101 Å². The van der Waals surface area contributed by atoms with E-state index in [1.807, 2.05) is 0 Å². The summed E-state index contributed by atoms with van der Waals surface area (Å²) < 4.78 is 0. The quantitative estimate of drug-likeness (QED) is 0.378. The molecule has 0 amide bonds. The molecule has 1 atom stereocenters. The van der Waals surface area contributed by atoms with Gasteiger partial charge in [-0.25, -0.2) is 0 Å². The number of carboxylic acids is 1. The van der Waals surface area contributed by atoms with Crippen molar-refractivity contribution in [1.29, 1.82) is 0 Å². The molecule has 0 aliphatic rings. The van der Waals surface area contributed by atoms with E-state index in [4.69, 9.17) is 16.6 Å². The third-order valence-electron chi connectivity index (χ3n) is 2.33. The van der Waals surface area contributed by atoms with Crippen molar-refractivity contribution < 1.29 is 9.90 Å². The van der Waals surface area contributed by atoms with Crippen molar-refractivity contribution in [2.24, 2.45) is 17.4 Å². The highest BCUT2D eigenvalue weighted by molar-refractivity contribution is 5.69. The first kappa shape index (κ1) is 14.3. The molecule has 0 aromatic rings. The van der Waals surface area contributed by atoms with E-state index in [-0.39, 0.29) is 5.92 Å². The molecule has 0 bridgehead atoms. The van der Waals surface area contributed by atoms with Crippen molar-refractivity contribution in [3.05, 3.63) is 0 Å². The highest BCUT2D eigenvalue weighted by atomic mass is 16.4. The van der Waals surface area contributed by atoms with Gasteiger partial charge in [-0.05, 0) is 51.9 Å². The first-order valence-corrected chi connectivity index (χ1v) is 5.56. The van der Waals surface area contributed by atoms with Gasteiger partial charge in [-0.2, -0.15) is 0 Å². The smallest absolute Gasteiger partial charge is 0.306 e. The fourth-order valence-electron chi connectivity index (χ4n) is 1.38. The monoisotopic (exact) mass is 217 g/mol. The average molecular weight is 217 g/mol. The van der Waals surface area contributed by atoms with E-state index in [0.717, 1.165) is 25.9 Å². The van der Waals surface area contributed by atoms with Crippen molar-refractivity contribution in [2.45, 2.75) is 25.7 Å². The Kier molecular flexibility index (Phi) is 9.46. The second-order valence-corrected chi connectivity index (χ2v) is 3.65. The lowest BCUT2D eigenvalue weighted by Crippen LogP contribution is -2.24. The molecule has 0 fully saturated rings. The van der Waals surface area contributed by atoms with Crippen molar-refractivity contribution in [1.82, 2.24) is 5.32 Å². The highest BCUT2D eigenvalue weighted by Crippen LogP contribution is 2.10. The van der Waals surface area contributed by atoms with Crippen LogP contribution in [0.5, 0.6) is 0 Å². The zero-order valence-electron chi connectivity index (χ0n) is 9.24. The number of hydrogen-bond acceptors (Lipinski definition) is 4. The number of aliphatic carboxylic acids is 1. The lowest BCUT2D eigenvalue weighted by Gasteiger charge is -2.11. The number of rotatable bonds is 10. The molecule has 0 aromatic carbocycles. The minimum absolute atomic E-state index is 0.265. The molecule has 90 valence electrons. The first-order valence-electron chi connectivity index (χ1n) is 5.56. The molecule has 0 saturated carbocycles. The lowest BCUT2D eigenvalue weighted by atomic mass is 10.00. The van der Waals surface area contributed by atoms with Crippen LogP contribution in [0.15, 0.2) is 0 Å². The second kappa shape index (κ2) is 9.89. The summed E-state index contributed by atoms with van der Waals surface area (Å²) in [4.78, 5) is 10.8. The van der Waals surface area contributed by atoms with E-state index in [0.29, 0.717) is 25.9 Å². The Morgan fingerprint density at radius 1 is 1.13 bits per heavy atom. The molecule has 0 rings (SSSR count). The van der Waals surface area contributed by atoms with Crippen LogP contribution in [0.4, 0.5) is 0 Å². The van der Waals surface area contributed by atoms with Crippen molar-refractivity contribution >= 4 is 5.97 Å². The molecule has 0 aliphatic carbocycles. The second-order valence-electron chi connectivity index (χ2n) is 3.65. The Morgan fingerprint density at radius 3 is 2.33 bits per heavy atom. The summed E-state index contributed by atoms with van der Waals surface area (Å²) in [6.45, 7) is 2.83. The van der Waals surface area contributed by atoms with Gasteiger partial charge in [0.25, 0.3) is 0 Å². The van der Waals surface area contributed by atoms with E-state index in [1.165, 1.54) is 0 Å². The van der Waals surface area contributed by atoms with E-state index in [1.54, 1.807) is 0 Å². The van der Waals surface area contributed by atoms with Gasteiger partial charge in [0.2, 0.25) is 0 Å². The Morgan fingerprint density at radius 2 is 1.80 bits per heavy atom. The normalized spacial score (nSPS) is 12.7. The van der Waals surface area contributed by atoms with Crippen LogP contribution in [0.1, 0.15) is 25.7 Å². The Hall–Kier alpha value is -0.650. The highest BCUT2D eigenvalue weighted by Gasteiger charge is 2.15. The van der Waals surface area contributed by atoms with Gasteiger partial charge < -0.3 is 21.9 Å². The number of nitrogens with two attached hydrogens (primary N) is 2. The van der Waals surface area contributed by atoms with Crippen molar-refractivity contribution in [2.75, 3.05) is 26.2 Å². The molecule has 0 saturated heterocycles. The average Bonchev–Trinajstić information content (AvgIpc) is 2.21. The summed E-state index contributed by atoms with van der Waals surface area (Å²) in [5.74, 6) is -0.983. The maximum absolute atomic E-state index is 10.8. The van der Waals surface area contributed by atoms with Gasteiger partial charge in [0.1, 0.15) is 0 Å². The van der Waals surface area contributed by atoms with Crippen LogP contribution in [-0.4, -0.2) is 37.3 Å². The summed E-state index contributed by atoms with van der Waals surface area (Å²) in [5.41, 5.74) is 10.7. The van der Waals surface area contributed by atoms with Crippen LogP contribution < -0.4 is 16.8 Å². The van der Waals surface area contributed by atoms with Gasteiger partial charge in [0.15, 0.2) is 0 Å². The molecule has 6 N–H and O–H groups in total. The predicted octanol–water partition coefficient (Wildman–Crippen LogP) is -0.245. The lowest BCUT2D eigenvalue weighted by molar-refractivity contribution is -0.142. The summed E-state index contributed by atoms with van der Waals surface area (Å²) in [5, 5.41) is 12.1. The Labute approximate surface area is 91.2 Å². The number of nitrogens with one attached hydrogen (secondary N) is 1. The number of carbonyl (C=O) groups is 1. The van der Waals surface area contributed by atoms with Crippen LogP contribution in [0.3, 0.4) is 0 Å². The molecular weight excluding hydrogens is 194 g/mol. The van der Waals surface area contributed by atoms with E-state index >= 15 is 0 Å². The molecule has 1 unspecified atom stereocenters. The van der Waals surface area contributed by atoms with Crippen LogP contribution >= 0.6 is 0 Å². The maximum Gasteiger partial charge on any atom is 0.306 e. The Bertz CT molecular complexity index is 165. The minimum Gasteiger partial charge on any atom is -0.481 e. The molecular formula is C10H23N3O2. The fourth-order valence-corrected chi connectivity index (χ4v) is 1.38. The van der Waals surface area contributed by atoms with E-state index in [9.17, 15) is 4.79 Å². The molecule has 0 aromatic heterocycles. The van der Waals surface area contributed by atoms with Crippen LogP contribution in [-0.2, 0) is 4.79 Å². The summed E-state index contributed by atoms with van der Waals surface area (Å²) in [7, 11) is 0. The standard InChI is InChI=1S/C10H23N3O2/c11-5-1-3-9(10(14)15)4-8-13-7-2-6-12/h9,13H,1-8,11-12H2,(H,14,15). The first-order chi connectivity index (χ1) is 7.22. The molecule has 5 nitrogen and oxygen atoms in total. The molecule has 15 heavy (non-hydrogen) atoms. The van der Waals surface area contributed by atoms with Crippen LogP contribution in [0.2, 0.25) is 0 Å². The van der Waals surface area contributed by atoms with E-state index in [2.05, 4.69) is 5.32 Å². The summed E-state index contributed by atoms with van der Waals surface area (Å²) in [6.07, 6.45) is 3.05. The van der Waals surface area contributed by atoms with Crippen LogP contribution in [0, 0.1) is 5.92 Å². The maximum atomic E-state index is 10.8. The molecule has 0 aliphatic heterocycles. The molecule has 5 heteroatoms. The molecule has 0 heterocycles. The summed E-state index contributed by atoms with van der Waals surface area (Å²) >= 11 is 0. The number of hydrogen-bond donors (Lipinski definition) is 4. The van der Waals surface area contributed by atoms with E-state index < -0.39 is 5.97 Å². The Balaban J connectivity index is 3.53.